The Hall–Kier alpha value is -1.46. The molecule has 102 valence electrons. The van der Waals surface area contributed by atoms with E-state index in [2.05, 4.69) is 52.8 Å². The van der Waals surface area contributed by atoms with Crippen molar-refractivity contribution >= 4 is 11.5 Å². The van der Waals surface area contributed by atoms with Gasteiger partial charge in [-0.15, -0.1) is 0 Å². The maximum Gasteiger partial charge on any atom is 0.292 e. The van der Waals surface area contributed by atoms with Gasteiger partial charge in [-0.3, -0.25) is 0 Å². The largest absolute Gasteiger partial charge is 0.468 e. The van der Waals surface area contributed by atoms with Crippen LogP contribution in [-0.2, 0) is 6.54 Å². The van der Waals surface area contributed by atoms with E-state index in [9.17, 15) is 0 Å². The van der Waals surface area contributed by atoms with Crippen LogP contribution in [0, 0.1) is 5.41 Å². The van der Waals surface area contributed by atoms with E-state index < -0.39 is 0 Å². The number of ether oxygens (including phenoxy) is 1. The van der Waals surface area contributed by atoms with Gasteiger partial charge >= 0.3 is 0 Å². The highest BCUT2D eigenvalue weighted by atomic mass is 32.1. The molecule has 0 aliphatic carbocycles. The summed E-state index contributed by atoms with van der Waals surface area (Å²) in [7, 11) is 0. The Kier molecular flexibility index (Phi) is 4.87. The third-order valence-corrected chi connectivity index (χ3v) is 3.28. The first kappa shape index (κ1) is 14.0. The zero-order chi connectivity index (χ0) is 13.6. The summed E-state index contributed by atoms with van der Waals surface area (Å²) in [5, 5.41) is 4.09. The molecule has 0 spiro atoms. The number of benzene rings is 1. The minimum Gasteiger partial charge on any atom is -0.468 e. The highest BCUT2D eigenvalue weighted by Gasteiger charge is 2.19. The topological polar surface area (TPSA) is 47.0 Å². The van der Waals surface area contributed by atoms with Crippen LogP contribution in [0.5, 0.6) is 5.19 Å². The zero-order valence-electron chi connectivity index (χ0n) is 11.3. The Labute approximate surface area is 118 Å². The van der Waals surface area contributed by atoms with Crippen molar-refractivity contribution in [3.8, 4) is 5.19 Å². The van der Waals surface area contributed by atoms with Crippen LogP contribution in [-0.4, -0.2) is 22.5 Å². The average molecular weight is 277 g/mol. The molecule has 2 aromatic rings. The van der Waals surface area contributed by atoms with Crippen LogP contribution in [0.3, 0.4) is 0 Å². The van der Waals surface area contributed by atoms with Crippen LogP contribution in [0.1, 0.15) is 19.4 Å². The smallest absolute Gasteiger partial charge is 0.292 e. The fourth-order valence-corrected chi connectivity index (χ4v) is 2.07. The lowest BCUT2D eigenvalue weighted by Gasteiger charge is -2.24. The van der Waals surface area contributed by atoms with Crippen LogP contribution < -0.4 is 10.1 Å². The van der Waals surface area contributed by atoms with E-state index in [1.54, 1.807) is 0 Å². The molecule has 0 bridgehead atoms. The van der Waals surface area contributed by atoms with Gasteiger partial charge in [0.25, 0.3) is 5.19 Å². The van der Waals surface area contributed by atoms with Crippen LogP contribution in [0.25, 0.3) is 0 Å². The van der Waals surface area contributed by atoms with E-state index >= 15 is 0 Å². The molecule has 0 fully saturated rings. The van der Waals surface area contributed by atoms with E-state index in [0.29, 0.717) is 11.8 Å². The van der Waals surface area contributed by atoms with E-state index in [0.717, 1.165) is 13.1 Å². The van der Waals surface area contributed by atoms with Gasteiger partial charge in [0.15, 0.2) is 0 Å². The Morgan fingerprint density at radius 2 is 2.05 bits per heavy atom. The van der Waals surface area contributed by atoms with Crippen molar-refractivity contribution in [1.82, 2.24) is 14.7 Å². The maximum absolute atomic E-state index is 5.62. The molecule has 0 aliphatic rings. The lowest BCUT2D eigenvalue weighted by molar-refractivity contribution is 0.175. The molecule has 0 saturated heterocycles. The van der Waals surface area contributed by atoms with Gasteiger partial charge in [0.2, 0.25) is 0 Å². The molecular formula is C14H19N3OS. The minimum atomic E-state index is 0.0560. The monoisotopic (exact) mass is 277 g/mol. The first-order chi connectivity index (χ1) is 9.16. The third kappa shape index (κ3) is 4.96. The fraction of sp³-hybridized carbons (Fsp3) is 0.429. The summed E-state index contributed by atoms with van der Waals surface area (Å²) in [4.78, 5) is 4.01. The van der Waals surface area contributed by atoms with E-state index in [-0.39, 0.29) is 5.41 Å². The highest BCUT2D eigenvalue weighted by Crippen LogP contribution is 2.18. The first-order valence-corrected chi connectivity index (χ1v) is 7.07. The molecule has 1 aromatic carbocycles. The Morgan fingerprint density at radius 1 is 1.26 bits per heavy atom. The summed E-state index contributed by atoms with van der Waals surface area (Å²) in [5.74, 6) is 0. The van der Waals surface area contributed by atoms with Crippen molar-refractivity contribution in [3.05, 3.63) is 42.2 Å². The van der Waals surface area contributed by atoms with E-state index in [1.807, 2.05) is 6.07 Å². The molecule has 5 heteroatoms. The maximum atomic E-state index is 5.62. The molecule has 2 rings (SSSR count). The van der Waals surface area contributed by atoms with Gasteiger partial charge in [0.05, 0.1) is 6.61 Å². The summed E-state index contributed by atoms with van der Waals surface area (Å²) in [6.45, 7) is 6.74. The molecule has 0 aliphatic heterocycles. The number of nitrogens with zero attached hydrogens (tertiary/aromatic N) is 2. The summed E-state index contributed by atoms with van der Waals surface area (Å²) < 4.78 is 9.53. The van der Waals surface area contributed by atoms with Gasteiger partial charge in [-0.05, 0) is 5.56 Å². The molecule has 0 unspecified atom stereocenters. The van der Waals surface area contributed by atoms with Crippen LogP contribution in [0.4, 0.5) is 0 Å². The second-order valence-corrected chi connectivity index (χ2v) is 5.99. The average Bonchev–Trinajstić information content (AvgIpc) is 2.91. The first-order valence-electron chi connectivity index (χ1n) is 6.30. The van der Waals surface area contributed by atoms with Gasteiger partial charge in [-0.2, -0.15) is 9.36 Å². The zero-order valence-corrected chi connectivity index (χ0v) is 12.1. The molecule has 0 radical (unpaired) electrons. The van der Waals surface area contributed by atoms with Crippen molar-refractivity contribution in [2.45, 2.75) is 20.4 Å². The number of hydrogen-bond donors (Lipinski definition) is 1. The Bertz CT molecular complexity index is 471. The normalized spacial score (nSPS) is 11.5. The van der Waals surface area contributed by atoms with Crippen LogP contribution >= 0.6 is 11.5 Å². The highest BCUT2D eigenvalue weighted by molar-refractivity contribution is 7.07. The van der Waals surface area contributed by atoms with Gasteiger partial charge in [0, 0.05) is 30.0 Å². The Balaban J connectivity index is 1.71. The molecule has 0 amide bonds. The lowest BCUT2D eigenvalue weighted by Crippen LogP contribution is -2.34. The SMILES string of the molecule is CC(C)(CNCc1ccccc1)COc1ncns1. The standard InChI is InChI=1S/C14H19N3OS/c1-14(2,10-18-13-16-11-17-19-13)9-15-8-12-6-4-3-5-7-12/h3-7,11,15H,8-10H2,1-2H3. The minimum absolute atomic E-state index is 0.0560. The second kappa shape index (κ2) is 6.63. The lowest BCUT2D eigenvalue weighted by atomic mass is 9.95. The summed E-state index contributed by atoms with van der Waals surface area (Å²) in [5.41, 5.74) is 1.35. The van der Waals surface area contributed by atoms with Crippen molar-refractivity contribution in [1.29, 1.82) is 0 Å². The number of aromatic nitrogens is 2. The Morgan fingerprint density at radius 3 is 2.74 bits per heavy atom. The van der Waals surface area contributed by atoms with Crippen LogP contribution in [0.2, 0.25) is 0 Å². The van der Waals surface area contributed by atoms with E-state index in [4.69, 9.17) is 4.74 Å². The van der Waals surface area contributed by atoms with Gasteiger partial charge < -0.3 is 10.1 Å². The second-order valence-electron chi connectivity index (χ2n) is 5.25. The van der Waals surface area contributed by atoms with Gasteiger partial charge in [0.1, 0.15) is 6.33 Å². The number of hydrogen-bond acceptors (Lipinski definition) is 5. The molecule has 19 heavy (non-hydrogen) atoms. The van der Waals surface area contributed by atoms with Crippen LogP contribution in [0.15, 0.2) is 36.7 Å². The summed E-state index contributed by atoms with van der Waals surface area (Å²) in [6.07, 6.45) is 1.51. The fourth-order valence-electron chi connectivity index (χ4n) is 1.68. The summed E-state index contributed by atoms with van der Waals surface area (Å²) >= 11 is 1.28. The van der Waals surface area contributed by atoms with Gasteiger partial charge in [-0.25, -0.2) is 0 Å². The summed E-state index contributed by atoms with van der Waals surface area (Å²) in [6, 6.07) is 10.4. The molecule has 1 aromatic heterocycles. The molecule has 0 saturated carbocycles. The molecule has 1 heterocycles. The van der Waals surface area contributed by atoms with E-state index in [1.165, 1.54) is 23.4 Å². The van der Waals surface area contributed by atoms with Crippen molar-refractivity contribution in [2.75, 3.05) is 13.2 Å². The quantitative estimate of drug-likeness (QED) is 0.845. The molecule has 4 nitrogen and oxygen atoms in total. The van der Waals surface area contributed by atoms with Crippen molar-refractivity contribution in [2.24, 2.45) is 5.41 Å². The van der Waals surface area contributed by atoms with Crippen molar-refractivity contribution < 1.29 is 4.74 Å². The molecule has 1 N–H and O–H groups in total. The number of rotatable bonds is 7. The molecular weight excluding hydrogens is 258 g/mol. The number of nitrogens with one attached hydrogen (secondary N) is 1. The third-order valence-electron chi connectivity index (χ3n) is 2.70. The van der Waals surface area contributed by atoms with Gasteiger partial charge in [-0.1, -0.05) is 44.2 Å². The van der Waals surface area contributed by atoms with Crippen molar-refractivity contribution in [3.63, 3.8) is 0 Å². The predicted molar refractivity (Wildman–Crippen MR) is 77.3 cm³/mol. The predicted octanol–water partition coefficient (Wildman–Crippen LogP) is 2.73. The molecule has 0 atom stereocenters.